The number of aliphatic hydroxyl groups is 1. The lowest BCUT2D eigenvalue weighted by molar-refractivity contribution is 0.0522. The van der Waals surface area contributed by atoms with E-state index in [9.17, 15) is 5.11 Å². The second-order valence-electron chi connectivity index (χ2n) is 8.60. The van der Waals surface area contributed by atoms with Crippen molar-refractivity contribution in [3.63, 3.8) is 0 Å². The van der Waals surface area contributed by atoms with Gasteiger partial charge >= 0.3 is 0 Å². The Hall–Kier alpha value is -2.56. The normalized spacial score (nSPS) is 29.4. The fraction of sp³-hybridized carbons (Fsp3) is 0.385. The first-order chi connectivity index (χ1) is 14.4. The molecule has 2 aliphatic rings. The highest BCUT2D eigenvalue weighted by Gasteiger charge is 2.64. The largest absolute Gasteiger partial charge is 0.381 e. The predicted molar refractivity (Wildman–Crippen MR) is 127 cm³/mol. The highest BCUT2D eigenvalue weighted by atomic mass is 16.3. The van der Waals surface area contributed by atoms with E-state index in [1.165, 1.54) is 5.56 Å². The molecule has 2 N–H and O–H groups in total. The van der Waals surface area contributed by atoms with Gasteiger partial charge in [0, 0.05) is 29.7 Å². The minimum atomic E-state index is -0.420. The first-order valence-electron chi connectivity index (χ1n) is 10.5. The molecule has 1 aliphatic heterocycles. The summed E-state index contributed by atoms with van der Waals surface area (Å²) >= 11 is 0. The first kappa shape index (κ1) is 22.1. The molecule has 158 valence electrons. The minimum Gasteiger partial charge on any atom is -0.381 e. The van der Waals surface area contributed by atoms with E-state index in [0.717, 1.165) is 23.4 Å². The Kier molecular flexibility index (Phi) is 6.39. The molecule has 5 atom stereocenters. The SMILES string of the molecule is C=CC(C)=NC1(C[C@@](C)(C=C)CNCO)C(C=C)C2N=C(C=C)c3ccccc3C21. The maximum atomic E-state index is 9.32. The van der Waals surface area contributed by atoms with E-state index in [-0.39, 0.29) is 30.0 Å². The molecule has 1 aromatic carbocycles. The van der Waals surface area contributed by atoms with Gasteiger partial charge in [0.1, 0.15) is 0 Å². The third-order valence-corrected chi connectivity index (χ3v) is 6.63. The molecule has 0 saturated heterocycles. The molecule has 1 fully saturated rings. The predicted octanol–water partition coefficient (Wildman–Crippen LogP) is 4.45. The number of aliphatic hydroxyl groups excluding tert-OH is 1. The number of nitrogens with zero attached hydrogens (tertiary/aromatic N) is 2. The maximum absolute atomic E-state index is 9.32. The Morgan fingerprint density at radius 1 is 1.30 bits per heavy atom. The lowest BCUT2D eigenvalue weighted by Crippen LogP contribution is -2.65. The van der Waals surface area contributed by atoms with E-state index in [2.05, 4.69) is 56.8 Å². The van der Waals surface area contributed by atoms with Crippen LogP contribution >= 0.6 is 0 Å². The third-order valence-electron chi connectivity index (χ3n) is 6.63. The molecule has 3 rings (SSSR count). The molecule has 0 aromatic heterocycles. The van der Waals surface area contributed by atoms with E-state index in [0.29, 0.717) is 6.54 Å². The van der Waals surface area contributed by atoms with Gasteiger partial charge in [-0.05, 0) is 36.5 Å². The van der Waals surface area contributed by atoms with Gasteiger partial charge in [0.2, 0.25) is 0 Å². The van der Waals surface area contributed by atoms with Crippen LogP contribution < -0.4 is 5.32 Å². The molecule has 0 bridgehead atoms. The number of hydrogen-bond acceptors (Lipinski definition) is 4. The molecule has 30 heavy (non-hydrogen) atoms. The van der Waals surface area contributed by atoms with Gasteiger partial charge < -0.3 is 5.11 Å². The van der Waals surface area contributed by atoms with Crippen LogP contribution in [0.5, 0.6) is 0 Å². The Morgan fingerprint density at radius 2 is 2.03 bits per heavy atom. The van der Waals surface area contributed by atoms with Crippen LogP contribution in [0.4, 0.5) is 0 Å². The molecule has 4 nitrogen and oxygen atoms in total. The lowest BCUT2D eigenvalue weighted by atomic mass is 9.48. The first-order valence-corrected chi connectivity index (χ1v) is 10.5. The van der Waals surface area contributed by atoms with Gasteiger partial charge in [0.05, 0.1) is 24.0 Å². The molecule has 0 spiro atoms. The zero-order valence-corrected chi connectivity index (χ0v) is 18.1. The molecule has 1 aliphatic carbocycles. The number of nitrogens with one attached hydrogen (secondary N) is 1. The van der Waals surface area contributed by atoms with E-state index < -0.39 is 5.54 Å². The van der Waals surface area contributed by atoms with Crippen molar-refractivity contribution in [2.45, 2.75) is 37.8 Å². The number of aliphatic imine (C=N–C) groups is 2. The summed E-state index contributed by atoms with van der Waals surface area (Å²) in [6.07, 6.45) is 8.37. The monoisotopic (exact) mass is 403 g/mol. The standard InChI is InChI=1S/C26H33N3O/c1-7-18(5)29-26(15-25(6,10-4)16-27-17-30)21(8-2)24-23(26)20-14-12-11-13-19(20)22(9-3)28-24/h7-14,21,23-24,27,30H,1-4,15-17H2,5-6H3/t21?,23?,24?,25-,26?/m1/s1. The van der Waals surface area contributed by atoms with Crippen molar-refractivity contribution in [2.24, 2.45) is 21.3 Å². The van der Waals surface area contributed by atoms with Crippen molar-refractivity contribution in [3.05, 3.63) is 86.0 Å². The van der Waals surface area contributed by atoms with E-state index in [1.807, 2.05) is 31.2 Å². The summed E-state index contributed by atoms with van der Waals surface area (Å²) in [4.78, 5) is 10.3. The summed E-state index contributed by atoms with van der Waals surface area (Å²) in [6, 6.07) is 8.50. The second-order valence-corrected chi connectivity index (χ2v) is 8.60. The average molecular weight is 404 g/mol. The van der Waals surface area contributed by atoms with Crippen molar-refractivity contribution in [3.8, 4) is 0 Å². The van der Waals surface area contributed by atoms with Gasteiger partial charge in [0.25, 0.3) is 0 Å². The second kappa shape index (κ2) is 8.66. The van der Waals surface area contributed by atoms with Gasteiger partial charge in [-0.1, -0.05) is 56.5 Å². The molecule has 4 unspecified atom stereocenters. The van der Waals surface area contributed by atoms with E-state index >= 15 is 0 Å². The van der Waals surface area contributed by atoms with Crippen LogP contribution in [-0.4, -0.2) is 41.4 Å². The minimum absolute atomic E-state index is 0.0713. The van der Waals surface area contributed by atoms with Gasteiger partial charge in [-0.15, -0.1) is 13.2 Å². The quantitative estimate of drug-likeness (QED) is 0.344. The summed E-state index contributed by atoms with van der Waals surface area (Å²) in [6.45, 7) is 20.9. The highest BCUT2D eigenvalue weighted by molar-refractivity contribution is 6.10. The fourth-order valence-corrected chi connectivity index (χ4v) is 5.21. The molecular weight excluding hydrogens is 370 g/mol. The summed E-state index contributed by atoms with van der Waals surface area (Å²) in [5.74, 6) is 0.206. The molecule has 1 saturated carbocycles. The van der Waals surface area contributed by atoms with Crippen LogP contribution in [0.2, 0.25) is 0 Å². The van der Waals surface area contributed by atoms with E-state index in [4.69, 9.17) is 9.98 Å². The van der Waals surface area contributed by atoms with Crippen LogP contribution in [0.3, 0.4) is 0 Å². The topological polar surface area (TPSA) is 57.0 Å². The molecular formula is C26H33N3O. The van der Waals surface area contributed by atoms with Gasteiger partial charge in [-0.2, -0.15) is 0 Å². The number of rotatable bonds is 10. The number of fused-ring (bicyclic) bond motifs is 3. The van der Waals surface area contributed by atoms with Gasteiger partial charge in [-0.3, -0.25) is 15.3 Å². The number of hydrogen-bond donors (Lipinski definition) is 2. The molecule has 0 amide bonds. The van der Waals surface area contributed by atoms with E-state index in [1.54, 1.807) is 6.08 Å². The summed E-state index contributed by atoms with van der Waals surface area (Å²) in [7, 11) is 0. The fourth-order valence-electron chi connectivity index (χ4n) is 5.21. The average Bonchev–Trinajstić information content (AvgIpc) is 2.76. The van der Waals surface area contributed by atoms with Crippen molar-refractivity contribution < 1.29 is 5.11 Å². The Bertz CT molecular complexity index is 915. The zero-order chi connectivity index (χ0) is 21.9. The lowest BCUT2D eigenvalue weighted by Gasteiger charge is -2.61. The Labute approximate surface area is 180 Å². The number of allylic oxidation sites excluding steroid dienone is 2. The van der Waals surface area contributed by atoms with Gasteiger partial charge in [-0.25, -0.2) is 0 Å². The van der Waals surface area contributed by atoms with Gasteiger partial charge in [0.15, 0.2) is 0 Å². The summed E-state index contributed by atoms with van der Waals surface area (Å²) in [5.41, 5.74) is 3.53. The molecule has 4 heteroatoms. The van der Waals surface area contributed by atoms with Crippen LogP contribution in [0.1, 0.15) is 37.3 Å². The molecule has 1 aromatic rings. The summed E-state index contributed by atoms with van der Waals surface area (Å²) < 4.78 is 0. The van der Waals surface area contributed by atoms with Crippen molar-refractivity contribution in [1.82, 2.24) is 5.32 Å². The Morgan fingerprint density at radius 3 is 2.63 bits per heavy atom. The van der Waals surface area contributed by atoms with Crippen LogP contribution in [-0.2, 0) is 0 Å². The smallest absolute Gasteiger partial charge is 0.0931 e. The van der Waals surface area contributed by atoms with Crippen LogP contribution in [0.15, 0.2) is 84.9 Å². The van der Waals surface area contributed by atoms with Crippen molar-refractivity contribution >= 4 is 11.4 Å². The summed E-state index contributed by atoms with van der Waals surface area (Å²) in [5, 5.41) is 12.4. The number of benzene rings is 1. The zero-order valence-electron chi connectivity index (χ0n) is 18.1. The van der Waals surface area contributed by atoms with Crippen LogP contribution in [0.25, 0.3) is 0 Å². The molecule has 0 radical (unpaired) electrons. The molecule has 1 heterocycles. The third kappa shape index (κ3) is 3.55. The Balaban J connectivity index is 2.19. The van der Waals surface area contributed by atoms with Crippen molar-refractivity contribution in [1.29, 1.82) is 0 Å². The van der Waals surface area contributed by atoms with Crippen molar-refractivity contribution in [2.75, 3.05) is 13.3 Å². The maximum Gasteiger partial charge on any atom is 0.0931 e. The highest BCUT2D eigenvalue weighted by Crippen LogP contribution is 2.61. The van der Waals surface area contributed by atoms with Crippen LogP contribution in [0, 0.1) is 11.3 Å².